The Morgan fingerprint density at radius 3 is 2.50 bits per heavy atom. The average Bonchev–Trinajstić information content (AvgIpc) is 2.26. The van der Waals surface area contributed by atoms with E-state index in [4.69, 9.17) is 0 Å². The Hall–Kier alpha value is -0.520. The third-order valence-electron chi connectivity index (χ3n) is 4.63. The summed E-state index contributed by atoms with van der Waals surface area (Å²) in [6.07, 6.45) is 3.14. The molecule has 3 rings (SSSR count). The minimum absolute atomic E-state index is 0.405. The molecule has 3 atom stereocenters. The molecule has 2 bridgehead atoms. The number of rotatable bonds is 0. The highest BCUT2D eigenvalue weighted by Gasteiger charge is 2.53. The fourth-order valence-electron chi connectivity index (χ4n) is 3.15. The van der Waals surface area contributed by atoms with Gasteiger partial charge in [0, 0.05) is 5.57 Å². The lowest BCUT2D eigenvalue weighted by Gasteiger charge is -2.51. The van der Waals surface area contributed by atoms with E-state index in [1.807, 2.05) is 6.92 Å². The monoisotopic (exact) mass is 192 g/mol. The highest BCUT2D eigenvalue weighted by molar-refractivity contribution is 5.21. The van der Waals surface area contributed by atoms with Crippen molar-refractivity contribution in [3.8, 4) is 0 Å². The van der Waals surface area contributed by atoms with E-state index in [0.717, 1.165) is 24.3 Å². The molecule has 0 aromatic rings. The quantitative estimate of drug-likeness (QED) is 0.585. The predicted molar refractivity (Wildman–Crippen MR) is 57.9 cm³/mol. The maximum absolute atomic E-state index is 10.3. The molecule has 0 aliphatic heterocycles. The zero-order chi connectivity index (χ0) is 10.6. The SMILES string of the molecule is C=C=C1CC2CC(CC1(C)O)C2(C)C. The van der Waals surface area contributed by atoms with Crippen LogP contribution in [0.5, 0.6) is 0 Å². The molecule has 3 aliphatic rings. The van der Waals surface area contributed by atoms with Crippen LogP contribution in [0.1, 0.15) is 40.0 Å². The van der Waals surface area contributed by atoms with Gasteiger partial charge in [0.25, 0.3) is 0 Å². The molecule has 1 heteroatoms. The van der Waals surface area contributed by atoms with Gasteiger partial charge in [-0.05, 0) is 43.4 Å². The molecule has 78 valence electrons. The highest BCUT2D eigenvalue weighted by atomic mass is 16.3. The Labute approximate surface area is 86.5 Å². The summed E-state index contributed by atoms with van der Waals surface area (Å²) in [5, 5.41) is 10.3. The van der Waals surface area contributed by atoms with Gasteiger partial charge in [-0.3, -0.25) is 0 Å². The number of hydrogen-bond donors (Lipinski definition) is 1. The van der Waals surface area contributed by atoms with Crippen LogP contribution < -0.4 is 0 Å². The van der Waals surface area contributed by atoms with Gasteiger partial charge in [0.05, 0.1) is 5.60 Å². The third kappa shape index (κ3) is 1.20. The van der Waals surface area contributed by atoms with E-state index < -0.39 is 5.60 Å². The van der Waals surface area contributed by atoms with E-state index in [-0.39, 0.29) is 0 Å². The molecule has 0 amide bonds. The van der Waals surface area contributed by atoms with Crippen molar-refractivity contribution in [1.29, 1.82) is 0 Å². The molecule has 0 saturated heterocycles. The van der Waals surface area contributed by atoms with E-state index in [9.17, 15) is 5.11 Å². The van der Waals surface area contributed by atoms with Crippen LogP contribution >= 0.6 is 0 Å². The molecule has 3 aliphatic carbocycles. The first-order valence-electron chi connectivity index (χ1n) is 5.49. The third-order valence-corrected chi connectivity index (χ3v) is 4.63. The van der Waals surface area contributed by atoms with Gasteiger partial charge in [0.2, 0.25) is 0 Å². The molecule has 0 aromatic carbocycles. The lowest BCUT2D eigenvalue weighted by atomic mass is 9.54. The maximum Gasteiger partial charge on any atom is 0.0904 e. The Bertz CT molecular complexity index is 305. The molecule has 3 fully saturated rings. The zero-order valence-corrected chi connectivity index (χ0v) is 9.43. The van der Waals surface area contributed by atoms with Crippen LogP contribution in [0.4, 0.5) is 0 Å². The summed E-state index contributed by atoms with van der Waals surface area (Å²) in [6, 6.07) is 0. The Morgan fingerprint density at radius 1 is 1.36 bits per heavy atom. The van der Waals surface area contributed by atoms with Crippen molar-refractivity contribution in [3.05, 3.63) is 17.9 Å². The molecule has 3 unspecified atom stereocenters. The van der Waals surface area contributed by atoms with Crippen LogP contribution in [0.2, 0.25) is 0 Å². The van der Waals surface area contributed by atoms with Crippen LogP contribution in [0, 0.1) is 17.3 Å². The summed E-state index contributed by atoms with van der Waals surface area (Å²) in [5.41, 5.74) is 3.72. The van der Waals surface area contributed by atoms with Crippen molar-refractivity contribution in [2.45, 2.75) is 45.6 Å². The largest absolute Gasteiger partial charge is 0.385 e. The van der Waals surface area contributed by atoms with E-state index in [2.05, 4.69) is 26.2 Å². The van der Waals surface area contributed by atoms with Gasteiger partial charge in [-0.2, -0.15) is 0 Å². The second-order valence-corrected chi connectivity index (χ2v) is 5.79. The Morgan fingerprint density at radius 2 is 2.00 bits per heavy atom. The van der Waals surface area contributed by atoms with Gasteiger partial charge >= 0.3 is 0 Å². The Balaban J connectivity index is 2.34. The topological polar surface area (TPSA) is 20.2 Å². The van der Waals surface area contributed by atoms with Gasteiger partial charge in [-0.25, -0.2) is 0 Å². The van der Waals surface area contributed by atoms with Crippen LogP contribution in [0.25, 0.3) is 0 Å². The van der Waals surface area contributed by atoms with E-state index in [1.165, 1.54) is 6.42 Å². The first kappa shape index (κ1) is 10.0. The molecule has 0 heterocycles. The summed E-state index contributed by atoms with van der Waals surface area (Å²) in [7, 11) is 0. The lowest BCUT2D eigenvalue weighted by molar-refractivity contribution is -0.0370. The fraction of sp³-hybridized carbons (Fsp3) is 0.769. The van der Waals surface area contributed by atoms with Crippen molar-refractivity contribution >= 4 is 0 Å². The van der Waals surface area contributed by atoms with E-state index in [1.54, 1.807) is 0 Å². The standard InChI is InChI=1S/C13H20O/c1-5-9-6-10-7-11(12(10,2)3)8-13(9,4)14/h10-11,14H,1,6-8H2,2-4H3. The second kappa shape index (κ2) is 2.74. The molecule has 14 heavy (non-hydrogen) atoms. The summed E-state index contributed by atoms with van der Waals surface area (Å²) in [4.78, 5) is 0. The van der Waals surface area contributed by atoms with Crippen LogP contribution in [-0.2, 0) is 0 Å². The minimum atomic E-state index is -0.658. The van der Waals surface area contributed by atoms with Crippen LogP contribution in [0.15, 0.2) is 17.9 Å². The predicted octanol–water partition coefficient (Wildman–Crippen LogP) is 2.90. The molecular formula is C13H20O. The molecule has 1 N–H and O–H groups in total. The molecule has 0 radical (unpaired) electrons. The fourth-order valence-corrected chi connectivity index (χ4v) is 3.15. The van der Waals surface area contributed by atoms with Gasteiger partial charge in [0.1, 0.15) is 0 Å². The average molecular weight is 192 g/mol. The van der Waals surface area contributed by atoms with Crippen molar-refractivity contribution in [2.24, 2.45) is 17.3 Å². The molecule has 3 saturated carbocycles. The number of aliphatic hydroxyl groups is 1. The molecule has 0 spiro atoms. The molecule has 1 nitrogen and oxygen atoms in total. The molecule has 0 aromatic heterocycles. The number of fused-ring (bicyclic) bond motifs is 3. The number of hydrogen-bond acceptors (Lipinski definition) is 1. The van der Waals surface area contributed by atoms with Crippen molar-refractivity contribution in [3.63, 3.8) is 0 Å². The van der Waals surface area contributed by atoms with Gasteiger partial charge in [-0.1, -0.05) is 20.4 Å². The Kier molecular flexibility index (Phi) is 1.96. The summed E-state index contributed by atoms with van der Waals surface area (Å²) in [6.45, 7) is 10.3. The van der Waals surface area contributed by atoms with Gasteiger partial charge in [-0.15, -0.1) is 5.73 Å². The maximum atomic E-state index is 10.3. The second-order valence-electron chi connectivity index (χ2n) is 5.79. The van der Waals surface area contributed by atoms with Crippen molar-refractivity contribution < 1.29 is 5.11 Å². The highest BCUT2D eigenvalue weighted by Crippen LogP contribution is 2.60. The normalized spacial score (nSPS) is 45.0. The van der Waals surface area contributed by atoms with Crippen molar-refractivity contribution in [1.82, 2.24) is 0 Å². The first-order chi connectivity index (χ1) is 6.38. The summed E-state index contributed by atoms with van der Waals surface area (Å²) >= 11 is 0. The van der Waals surface area contributed by atoms with E-state index in [0.29, 0.717) is 11.3 Å². The first-order valence-corrected chi connectivity index (χ1v) is 5.49. The zero-order valence-electron chi connectivity index (χ0n) is 9.43. The van der Waals surface area contributed by atoms with Crippen LogP contribution in [-0.4, -0.2) is 10.7 Å². The summed E-state index contributed by atoms with van der Waals surface area (Å²) < 4.78 is 0. The van der Waals surface area contributed by atoms with Crippen molar-refractivity contribution in [2.75, 3.05) is 0 Å². The summed E-state index contributed by atoms with van der Waals surface area (Å²) in [5.74, 6) is 1.40. The molecular weight excluding hydrogens is 172 g/mol. The van der Waals surface area contributed by atoms with E-state index >= 15 is 0 Å². The van der Waals surface area contributed by atoms with Gasteiger partial charge in [0.15, 0.2) is 0 Å². The minimum Gasteiger partial charge on any atom is -0.385 e. The smallest absolute Gasteiger partial charge is 0.0904 e. The van der Waals surface area contributed by atoms with Crippen LogP contribution in [0.3, 0.4) is 0 Å². The van der Waals surface area contributed by atoms with Gasteiger partial charge < -0.3 is 5.11 Å². The lowest BCUT2D eigenvalue weighted by Crippen LogP contribution is -2.44.